The number of carbonyl (C=O) groups is 2. The third-order valence-corrected chi connectivity index (χ3v) is 14.9. The highest BCUT2D eigenvalue weighted by Gasteiger charge is 2.40. The van der Waals surface area contributed by atoms with E-state index in [0.717, 1.165) is 91.8 Å². The van der Waals surface area contributed by atoms with E-state index >= 15 is 0 Å². The van der Waals surface area contributed by atoms with Gasteiger partial charge in [0, 0.05) is 74.5 Å². The van der Waals surface area contributed by atoms with Crippen LogP contribution < -0.4 is 34.5 Å². The molecular weight excluding hydrogens is 859 g/mol. The van der Waals surface area contributed by atoms with Gasteiger partial charge in [-0.1, -0.05) is 56.0 Å². The van der Waals surface area contributed by atoms with Crippen LogP contribution in [0.3, 0.4) is 0 Å². The van der Waals surface area contributed by atoms with Crippen LogP contribution in [-0.2, 0) is 14.3 Å². The first kappa shape index (κ1) is 45.2. The van der Waals surface area contributed by atoms with Crippen molar-refractivity contribution >= 4 is 54.3 Å². The van der Waals surface area contributed by atoms with Crippen molar-refractivity contribution in [3.8, 4) is 33.8 Å². The van der Waals surface area contributed by atoms with E-state index in [2.05, 4.69) is 51.1 Å². The van der Waals surface area contributed by atoms with Crippen LogP contribution in [0.15, 0.2) is 83.0 Å². The standard InChI is InChI=1S/C28H37FN4O3Si.C22H23FN4O2/c1-20-28(34)32(19-35-14-15-37(2,3)4)30-27-18-36-26-16-22(21-10-6-7-11-23(21)29)24(17-25(26)33(20)27)31-12-8-5-9-13-31;1-14-22(28)25-24-21-13-29-20-11-16(15-7-3-4-8-17(15)23)18(12-19(20)27(14)21)26-9-5-2-6-10-26/h6-7,10-11,16-17,20H,5,8-9,12-15,18-19H2,1-4H3;3-4,7-8,11-12,14H,2,5-6,9-10,13H2,1H3,(H,25,28). The fraction of sp³-hybridized carbons (Fsp3) is 0.440. The minimum Gasteiger partial charge on any atom is -0.483 e. The molecule has 13 nitrogen and oxygen atoms in total. The number of hydrogen-bond acceptors (Lipinski definition) is 11. The van der Waals surface area contributed by atoms with Crippen molar-refractivity contribution in [1.82, 2.24) is 10.4 Å². The van der Waals surface area contributed by atoms with Gasteiger partial charge >= 0.3 is 0 Å². The van der Waals surface area contributed by atoms with Crippen molar-refractivity contribution in [1.29, 1.82) is 0 Å². The quantitative estimate of drug-likeness (QED) is 0.130. The molecule has 2 fully saturated rings. The molecule has 0 aliphatic carbocycles. The normalized spacial score (nSPS) is 20.3. The number of halogens is 2. The summed E-state index contributed by atoms with van der Waals surface area (Å²) in [6.45, 7) is 15.6. The van der Waals surface area contributed by atoms with E-state index in [0.29, 0.717) is 40.9 Å². The zero-order chi connectivity index (χ0) is 46.1. The van der Waals surface area contributed by atoms with Crippen LogP contribution in [0.25, 0.3) is 22.3 Å². The maximum atomic E-state index is 14.9. The Kier molecular flexibility index (Phi) is 13.1. The van der Waals surface area contributed by atoms with Crippen LogP contribution in [0.1, 0.15) is 52.4 Å². The molecule has 348 valence electrons. The molecule has 10 rings (SSSR count). The number of amidine groups is 2. The molecule has 0 aromatic heterocycles. The van der Waals surface area contributed by atoms with Gasteiger partial charge in [0.05, 0.1) is 11.4 Å². The van der Waals surface area contributed by atoms with Crippen LogP contribution in [0, 0.1) is 11.6 Å². The van der Waals surface area contributed by atoms with Gasteiger partial charge < -0.3 is 33.8 Å². The molecule has 4 aromatic carbocycles. The summed E-state index contributed by atoms with van der Waals surface area (Å²) in [7, 11) is -1.21. The molecule has 66 heavy (non-hydrogen) atoms. The maximum Gasteiger partial charge on any atom is 0.267 e. The Morgan fingerprint density at radius 1 is 0.667 bits per heavy atom. The first-order valence-corrected chi connectivity index (χ1v) is 27.1. The maximum absolute atomic E-state index is 14.9. The number of nitrogens with one attached hydrogen (secondary N) is 1. The molecule has 6 aliphatic rings. The minimum absolute atomic E-state index is 0.109. The Morgan fingerprint density at radius 3 is 1.68 bits per heavy atom. The number of amides is 2. The van der Waals surface area contributed by atoms with Crippen LogP contribution in [0.4, 0.5) is 31.5 Å². The average molecular weight is 919 g/mol. The molecule has 4 aromatic rings. The van der Waals surface area contributed by atoms with Crippen molar-refractivity contribution < 1.29 is 32.6 Å². The molecule has 6 aliphatic heterocycles. The molecule has 2 amide bonds. The number of rotatable bonds is 9. The van der Waals surface area contributed by atoms with Gasteiger partial charge in [-0.05, 0) is 94.8 Å². The van der Waals surface area contributed by atoms with Crippen LogP contribution in [0.5, 0.6) is 11.5 Å². The number of ether oxygens (including phenoxy) is 3. The summed E-state index contributed by atoms with van der Waals surface area (Å²) in [6.07, 6.45) is 6.83. The van der Waals surface area contributed by atoms with E-state index in [4.69, 9.17) is 14.2 Å². The van der Waals surface area contributed by atoms with Crippen molar-refractivity contribution in [2.24, 2.45) is 10.2 Å². The van der Waals surface area contributed by atoms with E-state index in [1.165, 1.54) is 30.0 Å². The molecule has 0 bridgehead atoms. The van der Waals surface area contributed by atoms with E-state index in [1.807, 2.05) is 60.0 Å². The summed E-state index contributed by atoms with van der Waals surface area (Å²) in [5.74, 6) is 1.85. The number of anilines is 4. The van der Waals surface area contributed by atoms with E-state index < -0.39 is 20.2 Å². The van der Waals surface area contributed by atoms with E-state index in [9.17, 15) is 18.4 Å². The Bertz CT molecular complexity index is 2540. The zero-order valence-electron chi connectivity index (χ0n) is 38.6. The highest BCUT2D eigenvalue weighted by atomic mass is 28.3. The number of piperidine rings is 2. The SMILES string of the molecule is CC1C(=O)N(COCC[Si](C)(C)C)N=C2COc3cc(-c4ccccc4F)c(N4CCCCC4)cc3N21.CC1C(=O)NN=C2COc3cc(-c4ccccc4F)c(N4CCCCC4)cc3N21. The number of carbonyl (C=O) groups excluding carboxylic acids is 2. The number of benzene rings is 4. The Balaban J connectivity index is 0.000000171. The monoisotopic (exact) mass is 918 g/mol. The number of fused-ring (bicyclic) bond motifs is 6. The molecule has 2 atom stereocenters. The molecule has 1 N–H and O–H groups in total. The lowest BCUT2D eigenvalue weighted by Crippen LogP contribution is -2.57. The van der Waals surface area contributed by atoms with Gasteiger partial charge in [-0.15, -0.1) is 0 Å². The molecule has 6 heterocycles. The molecule has 2 unspecified atom stereocenters. The van der Waals surface area contributed by atoms with E-state index in [1.54, 1.807) is 18.2 Å². The molecule has 0 saturated carbocycles. The lowest BCUT2D eigenvalue weighted by molar-refractivity contribution is -0.138. The van der Waals surface area contributed by atoms with Crippen molar-refractivity contribution in [2.45, 2.75) is 90.1 Å². The second-order valence-electron chi connectivity index (χ2n) is 19.0. The Hall–Kier alpha value is -6.00. The van der Waals surface area contributed by atoms with Crippen molar-refractivity contribution in [3.63, 3.8) is 0 Å². The first-order chi connectivity index (χ1) is 31.9. The lowest BCUT2D eigenvalue weighted by Gasteiger charge is -2.42. The smallest absolute Gasteiger partial charge is 0.267 e. The van der Waals surface area contributed by atoms with Crippen LogP contribution in [-0.4, -0.2) is 101 Å². The number of nitrogens with zero attached hydrogens (tertiary/aromatic N) is 7. The third kappa shape index (κ3) is 9.21. The summed E-state index contributed by atoms with van der Waals surface area (Å²) in [6, 6.07) is 21.8. The minimum atomic E-state index is -1.21. The summed E-state index contributed by atoms with van der Waals surface area (Å²) >= 11 is 0. The predicted molar refractivity (Wildman–Crippen MR) is 260 cm³/mol. The van der Waals surface area contributed by atoms with Gasteiger partial charge in [0.15, 0.2) is 11.7 Å². The fourth-order valence-electron chi connectivity index (χ4n) is 9.50. The highest BCUT2D eigenvalue weighted by Crippen LogP contribution is 2.47. The van der Waals surface area contributed by atoms with Gasteiger partial charge in [-0.3, -0.25) is 9.59 Å². The fourth-order valence-corrected chi connectivity index (χ4v) is 10.3. The van der Waals surface area contributed by atoms with Crippen LogP contribution in [0.2, 0.25) is 25.7 Å². The molecule has 16 heteroatoms. The summed E-state index contributed by atoms with van der Waals surface area (Å²) in [4.78, 5) is 34.1. The highest BCUT2D eigenvalue weighted by molar-refractivity contribution is 6.76. The topological polar surface area (TPSA) is 115 Å². The Morgan fingerprint density at radius 2 is 1.17 bits per heavy atom. The summed E-state index contributed by atoms with van der Waals surface area (Å²) in [5, 5.41) is 10.2. The number of hydrogen-bond donors (Lipinski definition) is 1. The third-order valence-electron chi connectivity index (χ3n) is 13.2. The van der Waals surface area contributed by atoms with Gasteiger partial charge in [0.2, 0.25) is 0 Å². The van der Waals surface area contributed by atoms with Crippen molar-refractivity contribution in [2.75, 3.05) is 72.3 Å². The zero-order valence-corrected chi connectivity index (χ0v) is 39.6. The van der Waals surface area contributed by atoms with E-state index in [-0.39, 0.29) is 43.4 Å². The molecule has 2 saturated heterocycles. The van der Waals surface area contributed by atoms with Gasteiger partial charge in [-0.2, -0.15) is 10.2 Å². The second kappa shape index (κ2) is 19.1. The average Bonchev–Trinajstić information content (AvgIpc) is 3.32. The largest absolute Gasteiger partial charge is 0.483 e. The predicted octanol–water partition coefficient (Wildman–Crippen LogP) is 9.05. The number of hydrazone groups is 2. The molecule has 0 radical (unpaired) electrons. The molecule has 0 spiro atoms. The van der Waals surface area contributed by atoms with Gasteiger partial charge in [-0.25, -0.2) is 19.2 Å². The summed E-state index contributed by atoms with van der Waals surface area (Å²) < 4.78 is 47.6. The molecular formula is C50H60F2N8O5Si. The summed E-state index contributed by atoms with van der Waals surface area (Å²) in [5.41, 5.74) is 8.83. The van der Waals surface area contributed by atoms with Crippen LogP contribution >= 0.6 is 0 Å². The lowest BCUT2D eigenvalue weighted by atomic mass is 9.98. The Labute approximate surface area is 387 Å². The van der Waals surface area contributed by atoms with Crippen molar-refractivity contribution in [3.05, 3.63) is 84.4 Å². The second-order valence-corrected chi connectivity index (χ2v) is 24.6. The first-order valence-electron chi connectivity index (χ1n) is 23.4. The van der Waals surface area contributed by atoms with Gasteiger partial charge in [0.25, 0.3) is 11.8 Å². The van der Waals surface area contributed by atoms with Gasteiger partial charge in [0.1, 0.15) is 55.2 Å².